The van der Waals surface area contributed by atoms with Gasteiger partial charge < -0.3 is 9.64 Å². The first-order valence-electron chi connectivity index (χ1n) is 10.0. The van der Waals surface area contributed by atoms with E-state index < -0.39 is 6.10 Å². The number of halogens is 1. The third-order valence-corrected chi connectivity index (χ3v) is 5.36. The summed E-state index contributed by atoms with van der Waals surface area (Å²) >= 11 is 0. The van der Waals surface area contributed by atoms with Gasteiger partial charge in [0.25, 0.3) is 5.91 Å². The van der Waals surface area contributed by atoms with Crippen LogP contribution in [0, 0.1) is 5.82 Å². The number of pyridine rings is 1. The summed E-state index contributed by atoms with van der Waals surface area (Å²) in [5, 5.41) is 0.818. The highest BCUT2D eigenvalue weighted by atomic mass is 19.1. The SMILES string of the molecule is O=C(c1cccc2ncccc12)N1CCO[C@H](c2nccnc2-c2cccc(F)c2)C1. The minimum atomic E-state index is -0.460. The molecular weight excluding hydrogens is 395 g/mol. The van der Waals surface area contributed by atoms with Gasteiger partial charge in [-0.25, -0.2) is 4.39 Å². The topological polar surface area (TPSA) is 68.2 Å². The second kappa shape index (κ2) is 8.20. The number of aromatic nitrogens is 3. The van der Waals surface area contributed by atoms with Crippen LogP contribution in [0.25, 0.3) is 22.2 Å². The lowest BCUT2D eigenvalue weighted by Crippen LogP contribution is -2.42. The second-order valence-electron chi connectivity index (χ2n) is 7.29. The highest BCUT2D eigenvalue weighted by Crippen LogP contribution is 2.30. The third kappa shape index (κ3) is 3.75. The third-order valence-electron chi connectivity index (χ3n) is 5.36. The van der Waals surface area contributed by atoms with Crippen molar-refractivity contribution in [3.63, 3.8) is 0 Å². The van der Waals surface area contributed by atoms with Crippen LogP contribution in [0.1, 0.15) is 22.2 Å². The maximum atomic E-state index is 13.8. The predicted octanol–water partition coefficient (Wildman–Crippen LogP) is 4.04. The van der Waals surface area contributed by atoms with Crippen molar-refractivity contribution < 1.29 is 13.9 Å². The first-order chi connectivity index (χ1) is 15.2. The van der Waals surface area contributed by atoms with Crippen LogP contribution in [0.15, 0.2) is 73.2 Å². The summed E-state index contributed by atoms with van der Waals surface area (Å²) < 4.78 is 19.7. The number of carbonyl (C=O) groups excluding carboxylic acids is 1. The number of morpholine rings is 1. The number of hydrogen-bond acceptors (Lipinski definition) is 5. The van der Waals surface area contributed by atoms with Gasteiger partial charge in [-0.15, -0.1) is 0 Å². The van der Waals surface area contributed by atoms with Gasteiger partial charge in [0.05, 0.1) is 30.1 Å². The zero-order chi connectivity index (χ0) is 21.2. The molecule has 4 aromatic rings. The van der Waals surface area contributed by atoms with Crippen LogP contribution in [-0.4, -0.2) is 45.5 Å². The molecule has 0 bridgehead atoms. The molecule has 0 radical (unpaired) electrons. The Morgan fingerprint density at radius 2 is 1.87 bits per heavy atom. The minimum Gasteiger partial charge on any atom is -0.368 e. The van der Waals surface area contributed by atoms with Crippen molar-refractivity contribution >= 4 is 16.8 Å². The average Bonchev–Trinajstić information content (AvgIpc) is 2.83. The molecule has 0 aliphatic carbocycles. The van der Waals surface area contributed by atoms with Gasteiger partial charge in [-0.2, -0.15) is 0 Å². The van der Waals surface area contributed by atoms with Gasteiger partial charge in [0, 0.05) is 41.6 Å². The van der Waals surface area contributed by atoms with Crippen LogP contribution in [0.3, 0.4) is 0 Å². The molecule has 6 nitrogen and oxygen atoms in total. The fourth-order valence-electron chi connectivity index (χ4n) is 3.90. The van der Waals surface area contributed by atoms with Crippen LogP contribution in [-0.2, 0) is 4.74 Å². The lowest BCUT2D eigenvalue weighted by Gasteiger charge is -2.33. The number of carbonyl (C=O) groups is 1. The summed E-state index contributed by atoms with van der Waals surface area (Å²) in [7, 11) is 0. The van der Waals surface area contributed by atoms with Crippen LogP contribution in [0.4, 0.5) is 4.39 Å². The molecule has 1 aliphatic heterocycles. The molecule has 0 spiro atoms. The zero-order valence-electron chi connectivity index (χ0n) is 16.6. The van der Waals surface area contributed by atoms with Crippen molar-refractivity contribution in [2.45, 2.75) is 6.10 Å². The van der Waals surface area contributed by atoms with Crippen LogP contribution >= 0.6 is 0 Å². The molecule has 2 aromatic carbocycles. The van der Waals surface area contributed by atoms with E-state index in [4.69, 9.17) is 4.74 Å². The highest BCUT2D eigenvalue weighted by molar-refractivity contribution is 6.06. The number of fused-ring (bicyclic) bond motifs is 1. The van der Waals surface area contributed by atoms with E-state index in [2.05, 4.69) is 15.0 Å². The van der Waals surface area contributed by atoms with Gasteiger partial charge in [-0.3, -0.25) is 19.7 Å². The van der Waals surface area contributed by atoms with Gasteiger partial charge in [-0.05, 0) is 30.3 Å². The molecule has 1 amide bonds. The zero-order valence-corrected chi connectivity index (χ0v) is 16.6. The molecule has 3 heterocycles. The van der Waals surface area contributed by atoms with Crippen molar-refractivity contribution in [2.75, 3.05) is 19.7 Å². The van der Waals surface area contributed by atoms with Crippen molar-refractivity contribution in [2.24, 2.45) is 0 Å². The largest absolute Gasteiger partial charge is 0.368 e. The summed E-state index contributed by atoms with van der Waals surface area (Å²) in [5.41, 5.74) is 3.15. The Balaban J connectivity index is 1.46. The number of ether oxygens (including phenoxy) is 1. The van der Waals surface area contributed by atoms with E-state index in [1.54, 1.807) is 35.6 Å². The van der Waals surface area contributed by atoms with Crippen LogP contribution in [0.5, 0.6) is 0 Å². The molecule has 31 heavy (non-hydrogen) atoms. The smallest absolute Gasteiger partial charge is 0.254 e. The lowest BCUT2D eigenvalue weighted by atomic mass is 10.0. The maximum Gasteiger partial charge on any atom is 0.254 e. The summed E-state index contributed by atoms with van der Waals surface area (Å²) in [6, 6.07) is 15.5. The summed E-state index contributed by atoms with van der Waals surface area (Å²) in [5.74, 6) is -0.428. The molecule has 154 valence electrons. The number of nitrogens with zero attached hydrogens (tertiary/aromatic N) is 4. The molecule has 1 aliphatic rings. The summed E-state index contributed by atoms with van der Waals surface area (Å²) in [6.07, 6.45) is 4.40. The Labute approximate surface area is 178 Å². The van der Waals surface area contributed by atoms with Gasteiger partial charge in [0.15, 0.2) is 0 Å². The quantitative estimate of drug-likeness (QED) is 0.506. The molecule has 0 saturated carbocycles. The normalized spacial score (nSPS) is 16.4. The monoisotopic (exact) mass is 414 g/mol. The average molecular weight is 414 g/mol. The Morgan fingerprint density at radius 1 is 1.00 bits per heavy atom. The molecule has 5 rings (SSSR count). The molecular formula is C24H19FN4O2. The first-order valence-corrected chi connectivity index (χ1v) is 10.0. The van der Waals surface area contributed by atoms with Gasteiger partial charge in [-0.1, -0.05) is 24.3 Å². The summed E-state index contributed by atoms with van der Waals surface area (Å²) in [6.45, 7) is 1.18. The second-order valence-corrected chi connectivity index (χ2v) is 7.29. The van der Waals surface area contributed by atoms with Gasteiger partial charge in [0.1, 0.15) is 11.9 Å². The molecule has 2 aromatic heterocycles. The maximum absolute atomic E-state index is 13.8. The molecule has 1 fully saturated rings. The van der Waals surface area contributed by atoms with E-state index >= 15 is 0 Å². The van der Waals surface area contributed by atoms with E-state index in [0.29, 0.717) is 42.2 Å². The van der Waals surface area contributed by atoms with E-state index in [1.807, 2.05) is 30.3 Å². The fraction of sp³-hybridized carbons (Fsp3) is 0.167. The van der Waals surface area contributed by atoms with E-state index in [0.717, 1.165) is 10.9 Å². The fourth-order valence-corrected chi connectivity index (χ4v) is 3.90. The number of amides is 1. The van der Waals surface area contributed by atoms with Crippen LogP contribution in [0.2, 0.25) is 0 Å². The van der Waals surface area contributed by atoms with Crippen molar-refractivity contribution in [1.29, 1.82) is 0 Å². The van der Waals surface area contributed by atoms with Crippen LogP contribution < -0.4 is 0 Å². The van der Waals surface area contributed by atoms with Gasteiger partial charge in [0.2, 0.25) is 0 Å². The Bertz CT molecular complexity index is 1260. The molecule has 7 heteroatoms. The first kappa shape index (κ1) is 19.3. The molecule has 1 atom stereocenters. The van der Waals surface area contributed by atoms with Crippen molar-refractivity contribution in [3.05, 3.63) is 90.3 Å². The minimum absolute atomic E-state index is 0.0805. The predicted molar refractivity (Wildman–Crippen MR) is 114 cm³/mol. The number of benzene rings is 2. The Hall–Kier alpha value is -3.71. The Kier molecular flexibility index (Phi) is 5.09. The summed E-state index contributed by atoms with van der Waals surface area (Å²) in [4.78, 5) is 28.3. The molecule has 1 saturated heterocycles. The molecule has 0 N–H and O–H groups in total. The van der Waals surface area contributed by atoms with E-state index in [-0.39, 0.29) is 11.7 Å². The van der Waals surface area contributed by atoms with Crippen molar-refractivity contribution in [1.82, 2.24) is 19.9 Å². The van der Waals surface area contributed by atoms with E-state index in [1.165, 1.54) is 12.1 Å². The lowest BCUT2D eigenvalue weighted by molar-refractivity contribution is -0.0245. The Morgan fingerprint density at radius 3 is 2.77 bits per heavy atom. The number of rotatable bonds is 3. The van der Waals surface area contributed by atoms with Gasteiger partial charge >= 0.3 is 0 Å². The van der Waals surface area contributed by atoms with Crippen molar-refractivity contribution in [3.8, 4) is 11.3 Å². The highest BCUT2D eigenvalue weighted by Gasteiger charge is 2.30. The number of hydrogen-bond donors (Lipinski definition) is 0. The standard InChI is InChI=1S/C24H19FN4O2/c25-17-5-1-4-16(14-17)22-23(28-11-10-27-22)21-15-29(12-13-31-21)24(30)19-6-2-8-20-18(19)7-3-9-26-20/h1-11,14,21H,12-13,15H2/t21-/m0/s1. The molecule has 0 unspecified atom stereocenters. The van der Waals surface area contributed by atoms with E-state index in [9.17, 15) is 9.18 Å².